The van der Waals surface area contributed by atoms with Crippen molar-refractivity contribution in [1.29, 1.82) is 0 Å². The maximum absolute atomic E-state index is 13.2. The van der Waals surface area contributed by atoms with E-state index in [4.69, 9.17) is 0 Å². The lowest BCUT2D eigenvalue weighted by Crippen LogP contribution is -2.19. The molecule has 0 bridgehead atoms. The number of hydrogen-bond acceptors (Lipinski definition) is 1. The van der Waals surface area contributed by atoms with Crippen molar-refractivity contribution in [2.45, 2.75) is 13.8 Å². The summed E-state index contributed by atoms with van der Waals surface area (Å²) < 4.78 is 26.0. The minimum absolute atomic E-state index is 0.284. The van der Waals surface area contributed by atoms with Crippen LogP contribution in [0, 0.1) is 17.6 Å². The summed E-state index contributed by atoms with van der Waals surface area (Å²) in [7, 11) is 0. The Morgan fingerprint density at radius 2 is 2.06 bits per heavy atom. The van der Waals surface area contributed by atoms with Crippen LogP contribution in [0.1, 0.15) is 19.4 Å². The Bertz CT molecular complexity index is 359. The van der Waals surface area contributed by atoms with Crippen molar-refractivity contribution in [1.82, 2.24) is 5.32 Å². The highest BCUT2D eigenvalue weighted by molar-refractivity contribution is 5.50. The van der Waals surface area contributed by atoms with Gasteiger partial charge in [-0.3, -0.25) is 0 Å². The standard InChI is InChI=1S/C13H17F2N/c1-10(2)9-16-8-4-6-11-5-3-7-12(14)13(11)15/h3-7,10,16H,8-9H2,1-2H3. The van der Waals surface area contributed by atoms with Gasteiger partial charge in [0.1, 0.15) is 0 Å². The lowest BCUT2D eigenvalue weighted by atomic mass is 10.2. The average Bonchev–Trinajstić information content (AvgIpc) is 2.23. The van der Waals surface area contributed by atoms with Crippen LogP contribution in [0.4, 0.5) is 8.78 Å². The summed E-state index contributed by atoms with van der Waals surface area (Å²) in [5.74, 6) is -1.01. The van der Waals surface area contributed by atoms with Gasteiger partial charge in [-0.25, -0.2) is 8.78 Å². The molecule has 1 rings (SSSR count). The number of hydrogen-bond donors (Lipinski definition) is 1. The average molecular weight is 225 g/mol. The molecule has 0 fully saturated rings. The normalized spacial score (nSPS) is 11.6. The first-order valence-electron chi connectivity index (χ1n) is 5.42. The van der Waals surface area contributed by atoms with E-state index >= 15 is 0 Å². The van der Waals surface area contributed by atoms with Crippen molar-refractivity contribution in [3.63, 3.8) is 0 Å². The summed E-state index contributed by atoms with van der Waals surface area (Å²) in [5, 5.41) is 3.19. The fourth-order valence-corrected chi connectivity index (χ4v) is 1.29. The highest BCUT2D eigenvalue weighted by Crippen LogP contribution is 2.12. The first-order valence-corrected chi connectivity index (χ1v) is 5.42. The molecule has 0 amide bonds. The van der Waals surface area contributed by atoms with Crippen molar-refractivity contribution >= 4 is 6.08 Å². The highest BCUT2D eigenvalue weighted by atomic mass is 19.2. The zero-order chi connectivity index (χ0) is 12.0. The molecule has 0 unspecified atom stereocenters. The number of benzene rings is 1. The van der Waals surface area contributed by atoms with E-state index < -0.39 is 11.6 Å². The molecular weight excluding hydrogens is 208 g/mol. The minimum atomic E-state index is -0.808. The van der Waals surface area contributed by atoms with E-state index in [0.29, 0.717) is 12.5 Å². The van der Waals surface area contributed by atoms with Crippen molar-refractivity contribution < 1.29 is 8.78 Å². The maximum atomic E-state index is 13.2. The monoisotopic (exact) mass is 225 g/mol. The largest absolute Gasteiger partial charge is 0.313 e. The van der Waals surface area contributed by atoms with Crippen molar-refractivity contribution in [2.75, 3.05) is 13.1 Å². The Morgan fingerprint density at radius 3 is 2.75 bits per heavy atom. The zero-order valence-electron chi connectivity index (χ0n) is 9.63. The first kappa shape index (κ1) is 12.8. The van der Waals surface area contributed by atoms with Crippen LogP contribution < -0.4 is 5.32 Å². The van der Waals surface area contributed by atoms with E-state index in [1.165, 1.54) is 6.07 Å². The van der Waals surface area contributed by atoms with Gasteiger partial charge in [0.05, 0.1) is 0 Å². The van der Waals surface area contributed by atoms with Crippen LogP contribution >= 0.6 is 0 Å². The molecule has 0 radical (unpaired) electrons. The molecule has 1 N–H and O–H groups in total. The molecule has 0 heterocycles. The molecule has 1 aromatic rings. The van der Waals surface area contributed by atoms with Crippen LogP contribution in [0.15, 0.2) is 24.3 Å². The van der Waals surface area contributed by atoms with Gasteiger partial charge in [-0.1, -0.05) is 38.1 Å². The Hall–Kier alpha value is -1.22. The molecule has 0 aliphatic carbocycles. The lowest BCUT2D eigenvalue weighted by Gasteiger charge is -2.03. The summed E-state index contributed by atoms with van der Waals surface area (Å²) in [6.07, 6.45) is 3.38. The van der Waals surface area contributed by atoms with Gasteiger partial charge in [0.15, 0.2) is 11.6 Å². The second-order valence-corrected chi connectivity index (χ2v) is 4.10. The molecule has 0 atom stereocenters. The summed E-state index contributed by atoms with van der Waals surface area (Å²) in [6, 6.07) is 4.17. The van der Waals surface area contributed by atoms with Gasteiger partial charge in [0.2, 0.25) is 0 Å². The van der Waals surface area contributed by atoms with Gasteiger partial charge in [-0.15, -0.1) is 0 Å². The molecule has 0 aromatic heterocycles. The van der Waals surface area contributed by atoms with Crippen LogP contribution in [-0.2, 0) is 0 Å². The van der Waals surface area contributed by atoms with Crippen LogP contribution in [-0.4, -0.2) is 13.1 Å². The van der Waals surface area contributed by atoms with E-state index in [2.05, 4.69) is 19.2 Å². The van der Waals surface area contributed by atoms with E-state index in [1.54, 1.807) is 18.2 Å². The Morgan fingerprint density at radius 1 is 1.31 bits per heavy atom. The number of nitrogens with one attached hydrogen (secondary N) is 1. The molecule has 0 aliphatic heterocycles. The molecule has 1 aromatic carbocycles. The molecule has 0 aliphatic rings. The van der Waals surface area contributed by atoms with Crippen LogP contribution in [0.25, 0.3) is 6.08 Å². The van der Waals surface area contributed by atoms with Gasteiger partial charge in [-0.2, -0.15) is 0 Å². The molecule has 3 heteroatoms. The number of rotatable bonds is 5. The van der Waals surface area contributed by atoms with E-state index in [1.807, 2.05) is 0 Å². The summed E-state index contributed by atoms with van der Waals surface area (Å²) >= 11 is 0. The summed E-state index contributed by atoms with van der Waals surface area (Å²) in [6.45, 7) is 5.80. The van der Waals surface area contributed by atoms with Crippen molar-refractivity contribution in [3.05, 3.63) is 41.5 Å². The van der Waals surface area contributed by atoms with Gasteiger partial charge >= 0.3 is 0 Å². The third-order valence-electron chi connectivity index (χ3n) is 2.09. The number of halogens is 2. The topological polar surface area (TPSA) is 12.0 Å². The van der Waals surface area contributed by atoms with Crippen molar-refractivity contribution in [3.8, 4) is 0 Å². The van der Waals surface area contributed by atoms with Gasteiger partial charge in [-0.05, 0) is 18.5 Å². The molecule has 88 valence electrons. The predicted molar refractivity (Wildman–Crippen MR) is 63.1 cm³/mol. The van der Waals surface area contributed by atoms with Gasteiger partial charge in [0.25, 0.3) is 0 Å². The quantitative estimate of drug-likeness (QED) is 0.759. The van der Waals surface area contributed by atoms with E-state index in [-0.39, 0.29) is 5.56 Å². The van der Waals surface area contributed by atoms with Gasteiger partial charge < -0.3 is 5.32 Å². The van der Waals surface area contributed by atoms with E-state index in [9.17, 15) is 8.78 Å². The van der Waals surface area contributed by atoms with Crippen LogP contribution in [0.5, 0.6) is 0 Å². The fourth-order valence-electron chi connectivity index (χ4n) is 1.29. The van der Waals surface area contributed by atoms with Crippen LogP contribution in [0.3, 0.4) is 0 Å². The van der Waals surface area contributed by atoms with E-state index in [0.717, 1.165) is 12.6 Å². The molecule has 16 heavy (non-hydrogen) atoms. The molecule has 0 spiro atoms. The molecule has 0 saturated heterocycles. The fraction of sp³-hybridized carbons (Fsp3) is 0.385. The highest BCUT2D eigenvalue weighted by Gasteiger charge is 2.03. The Kier molecular flexibility index (Phi) is 5.12. The molecule has 0 saturated carbocycles. The van der Waals surface area contributed by atoms with Gasteiger partial charge in [0, 0.05) is 12.1 Å². The maximum Gasteiger partial charge on any atom is 0.166 e. The lowest BCUT2D eigenvalue weighted by molar-refractivity contribution is 0.507. The Balaban J connectivity index is 2.47. The summed E-state index contributed by atoms with van der Waals surface area (Å²) in [5.41, 5.74) is 0.284. The van der Waals surface area contributed by atoms with Crippen molar-refractivity contribution in [2.24, 2.45) is 5.92 Å². The SMILES string of the molecule is CC(C)CNCC=Cc1cccc(F)c1F. The molecule has 1 nitrogen and oxygen atoms in total. The summed E-state index contributed by atoms with van der Waals surface area (Å²) in [4.78, 5) is 0. The van der Waals surface area contributed by atoms with Crippen LogP contribution in [0.2, 0.25) is 0 Å². The molecular formula is C13H17F2N. The minimum Gasteiger partial charge on any atom is -0.313 e. The smallest absolute Gasteiger partial charge is 0.166 e. The second-order valence-electron chi connectivity index (χ2n) is 4.10. The predicted octanol–water partition coefficient (Wildman–Crippen LogP) is 3.22. The third kappa shape index (κ3) is 4.11. The first-order chi connectivity index (χ1) is 7.61. The second kappa shape index (κ2) is 6.38. The Labute approximate surface area is 95.2 Å². The third-order valence-corrected chi connectivity index (χ3v) is 2.09. The zero-order valence-corrected chi connectivity index (χ0v) is 9.63.